The monoisotopic (exact) mass is 144 g/mol. The van der Waals surface area contributed by atoms with Crippen LogP contribution in [-0.4, -0.2) is 14.2 Å². The highest BCUT2D eigenvalue weighted by molar-refractivity contribution is 4.59. The van der Waals surface area contributed by atoms with Crippen LogP contribution in [0.4, 0.5) is 0 Å². The number of rotatable bonds is 0. The summed E-state index contributed by atoms with van der Waals surface area (Å²) >= 11 is 0. The highest BCUT2D eigenvalue weighted by Gasteiger charge is 2.05. The maximum Gasteiger partial charge on any atom is 0.0351 e. The van der Waals surface area contributed by atoms with Gasteiger partial charge in [0.1, 0.15) is 0 Å². The Bertz CT molecular complexity index is 55.7. The van der Waals surface area contributed by atoms with Crippen LogP contribution in [0, 0.1) is 5.92 Å². The third kappa shape index (κ3) is 6.09. The molecule has 1 heteroatoms. The van der Waals surface area contributed by atoms with Gasteiger partial charge in [-0.1, -0.05) is 39.0 Å². The second-order valence-electron chi connectivity index (χ2n) is 3.15. The minimum Gasteiger partial charge on any atom is -0.388 e. The van der Waals surface area contributed by atoms with Crippen LogP contribution in [0.2, 0.25) is 0 Å². The molecule has 0 aliphatic heterocycles. The van der Waals surface area contributed by atoms with E-state index in [-0.39, 0.29) is 0 Å². The zero-order valence-corrected chi connectivity index (χ0v) is 7.52. The van der Waals surface area contributed by atoms with Crippen LogP contribution >= 0.6 is 0 Å². The molecule has 0 spiro atoms. The summed E-state index contributed by atoms with van der Waals surface area (Å²) in [4.78, 5) is 0. The Morgan fingerprint density at radius 1 is 1.00 bits per heavy atom. The molecule has 62 valence electrons. The van der Waals surface area contributed by atoms with E-state index < -0.39 is 0 Å². The SMILES string of the molecule is CC1CCCCC1.COC. The van der Waals surface area contributed by atoms with Gasteiger partial charge >= 0.3 is 0 Å². The average molecular weight is 144 g/mol. The van der Waals surface area contributed by atoms with E-state index in [1.54, 1.807) is 14.2 Å². The second-order valence-corrected chi connectivity index (χ2v) is 3.15. The van der Waals surface area contributed by atoms with Gasteiger partial charge in [-0.3, -0.25) is 0 Å². The molecule has 0 bridgehead atoms. The molecule has 0 heterocycles. The van der Waals surface area contributed by atoms with E-state index >= 15 is 0 Å². The molecule has 1 rings (SSSR count). The molecule has 0 aromatic rings. The summed E-state index contributed by atoms with van der Waals surface area (Å²) < 4.78 is 4.25. The first-order chi connectivity index (χ1) is 4.81. The minimum absolute atomic E-state index is 1.04. The molecule has 10 heavy (non-hydrogen) atoms. The molecule has 0 unspecified atom stereocenters. The zero-order chi connectivity index (χ0) is 7.82. The van der Waals surface area contributed by atoms with Crippen molar-refractivity contribution < 1.29 is 4.74 Å². The van der Waals surface area contributed by atoms with Crippen molar-refractivity contribution in [2.24, 2.45) is 5.92 Å². The van der Waals surface area contributed by atoms with Crippen molar-refractivity contribution in [1.82, 2.24) is 0 Å². The molecule has 1 aliphatic carbocycles. The largest absolute Gasteiger partial charge is 0.388 e. The van der Waals surface area contributed by atoms with Crippen molar-refractivity contribution in [2.75, 3.05) is 14.2 Å². The van der Waals surface area contributed by atoms with Gasteiger partial charge in [0.2, 0.25) is 0 Å². The molecule has 0 amide bonds. The summed E-state index contributed by atoms with van der Waals surface area (Å²) in [5, 5.41) is 0. The number of hydrogen-bond donors (Lipinski definition) is 0. The van der Waals surface area contributed by atoms with Crippen molar-refractivity contribution in [3.05, 3.63) is 0 Å². The predicted octanol–water partition coefficient (Wildman–Crippen LogP) is 2.85. The Labute approximate surface area is 64.8 Å². The van der Waals surface area contributed by atoms with Crippen LogP contribution in [-0.2, 0) is 4.74 Å². The molecule has 1 fully saturated rings. The standard InChI is InChI=1S/C7H14.C2H6O/c1-7-5-3-2-4-6-7;1-3-2/h7H,2-6H2,1H3;1-2H3. The van der Waals surface area contributed by atoms with Gasteiger partial charge in [-0.05, 0) is 5.92 Å². The van der Waals surface area contributed by atoms with Gasteiger partial charge in [-0.15, -0.1) is 0 Å². The highest BCUT2D eigenvalue weighted by Crippen LogP contribution is 2.21. The van der Waals surface area contributed by atoms with E-state index in [2.05, 4.69) is 11.7 Å². The first-order valence-electron chi connectivity index (χ1n) is 4.21. The van der Waals surface area contributed by atoms with Gasteiger partial charge in [-0.25, -0.2) is 0 Å². The van der Waals surface area contributed by atoms with Crippen molar-refractivity contribution in [3.8, 4) is 0 Å². The van der Waals surface area contributed by atoms with Crippen molar-refractivity contribution in [3.63, 3.8) is 0 Å². The van der Waals surface area contributed by atoms with E-state index in [4.69, 9.17) is 0 Å². The molecule has 0 N–H and O–H groups in total. The molecule has 0 radical (unpaired) electrons. The quantitative estimate of drug-likeness (QED) is 0.508. The van der Waals surface area contributed by atoms with Crippen LogP contribution in [0.5, 0.6) is 0 Å². The Kier molecular flexibility index (Phi) is 7.04. The summed E-state index contributed by atoms with van der Waals surface area (Å²) in [6.07, 6.45) is 7.44. The van der Waals surface area contributed by atoms with Gasteiger partial charge in [0.25, 0.3) is 0 Å². The highest BCUT2D eigenvalue weighted by atomic mass is 16.4. The van der Waals surface area contributed by atoms with Crippen LogP contribution in [0.3, 0.4) is 0 Å². The number of methoxy groups -OCH3 is 1. The predicted molar refractivity (Wildman–Crippen MR) is 45.2 cm³/mol. The lowest BCUT2D eigenvalue weighted by Gasteiger charge is -2.15. The van der Waals surface area contributed by atoms with E-state index in [1.807, 2.05) is 0 Å². The minimum atomic E-state index is 1.04. The van der Waals surface area contributed by atoms with Gasteiger partial charge in [0.05, 0.1) is 0 Å². The van der Waals surface area contributed by atoms with E-state index in [9.17, 15) is 0 Å². The zero-order valence-electron chi connectivity index (χ0n) is 7.52. The molecular weight excluding hydrogens is 124 g/mol. The second kappa shape index (κ2) is 7.07. The molecule has 1 saturated carbocycles. The summed E-state index contributed by atoms with van der Waals surface area (Å²) in [5.74, 6) is 1.04. The molecule has 0 atom stereocenters. The number of ether oxygens (including phenoxy) is 1. The van der Waals surface area contributed by atoms with Crippen LogP contribution < -0.4 is 0 Å². The van der Waals surface area contributed by atoms with Crippen molar-refractivity contribution in [1.29, 1.82) is 0 Å². The van der Waals surface area contributed by atoms with Crippen LogP contribution in [0.1, 0.15) is 39.0 Å². The summed E-state index contributed by atoms with van der Waals surface area (Å²) in [7, 11) is 3.25. The van der Waals surface area contributed by atoms with E-state index in [0.29, 0.717) is 0 Å². The Balaban J connectivity index is 0.000000236. The fraction of sp³-hybridized carbons (Fsp3) is 1.00. The molecule has 1 nitrogen and oxygen atoms in total. The summed E-state index contributed by atoms with van der Waals surface area (Å²) in [6, 6.07) is 0. The first kappa shape index (κ1) is 9.96. The average Bonchev–Trinajstić information content (AvgIpc) is 1.91. The lowest BCUT2D eigenvalue weighted by atomic mass is 9.91. The Hall–Kier alpha value is -0.0400. The van der Waals surface area contributed by atoms with Gasteiger partial charge in [0, 0.05) is 14.2 Å². The first-order valence-corrected chi connectivity index (χ1v) is 4.21. The van der Waals surface area contributed by atoms with Crippen molar-refractivity contribution in [2.45, 2.75) is 39.0 Å². The summed E-state index contributed by atoms with van der Waals surface area (Å²) in [6.45, 7) is 2.36. The van der Waals surface area contributed by atoms with Gasteiger partial charge in [0.15, 0.2) is 0 Å². The van der Waals surface area contributed by atoms with E-state index in [0.717, 1.165) is 5.92 Å². The third-order valence-electron chi connectivity index (χ3n) is 1.89. The fourth-order valence-corrected chi connectivity index (χ4v) is 1.31. The Morgan fingerprint density at radius 2 is 1.40 bits per heavy atom. The van der Waals surface area contributed by atoms with Gasteiger partial charge < -0.3 is 4.74 Å². The third-order valence-corrected chi connectivity index (χ3v) is 1.89. The van der Waals surface area contributed by atoms with Gasteiger partial charge in [-0.2, -0.15) is 0 Å². The maximum atomic E-state index is 4.25. The molecular formula is C9H20O. The van der Waals surface area contributed by atoms with Crippen LogP contribution in [0.15, 0.2) is 0 Å². The fourth-order valence-electron chi connectivity index (χ4n) is 1.31. The molecule has 0 aromatic carbocycles. The smallest absolute Gasteiger partial charge is 0.0351 e. The lowest BCUT2D eigenvalue weighted by Crippen LogP contribution is -1.99. The normalized spacial score (nSPS) is 19.5. The summed E-state index contributed by atoms with van der Waals surface area (Å²) in [5.41, 5.74) is 0. The van der Waals surface area contributed by atoms with Crippen LogP contribution in [0.25, 0.3) is 0 Å². The molecule has 0 saturated heterocycles. The molecule has 1 aliphatic rings. The lowest BCUT2D eigenvalue weighted by molar-refractivity contribution is 0.277. The van der Waals surface area contributed by atoms with E-state index in [1.165, 1.54) is 32.1 Å². The Morgan fingerprint density at radius 3 is 1.60 bits per heavy atom. The topological polar surface area (TPSA) is 9.23 Å². The number of hydrogen-bond acceptors (Lipinski definition) is 1. The van der Waals surface area contributed by atoms with Crippen molar-refractivity contribution >= 4 is 0 Å². The maximum absolute atomic E-state index is 4.25. The molecule has 0 aromatic heterocycles.